The predicted molar refractivity (Wildman–Crippen MR) is 81.0 cm³/mol. The molecule has 0 aliphatic carbocycles. The van der Waals surface area contributed by atoms with Gasteiger partial charge >= 0.3 is 5.97 Å². The van der Waals surface area contributed by atoms with E-state index in [2.05, 4.69) is 6.92 Å². The largest absolute Gasteiger partial charge is 0.456 e. The molecule has 0 aromatic heterocycles. The van der Waals surface area contributed by atoms with Crippen molar-refractivity contribution in [3.05, 3.63) is 35.4 Å². The zero-order chi connectivity index (χ0) is 14.8. The van der Waals surface area contributed by atoms with Gasteiger partial charge in [-0.1, -0.05) is 43.9 Å². The van der Waals surface area contributed by atoms with Gasteiger partial charge in [-0.15, -0.1) is 0 Å². The van der Waals surface area contributed by atoms with Gasteiger partial charge in [-0.05, 0) is 31.9 Å². The molecular formula is C17H26O3. The molecule has 0 radical (unpaired) electrons. The molecule has 0 fully saturated rings. The van der Waals surface area contributed by atoms with Crippen LogP contribution < -0.4 is 0 Å². The Morgan fingerprint density at radius 2 is 1.85 bits per heavy atom. The summed E-state index contributed by atoms with van der Waals surface area (Å²) in [5.74, 6) is -0.262. The Morgan fingerprint density at radius 1 is 1.15 bits per heavy atom. The van der Waals surface area contributed by atoms with Crippen LogP contribution in [-0.4, -0.2) is 25.8 Å². The lowest BCUT2D eigenvalue weighted by Gasteiger charge is -2.17. The number of rotatable bonds is 9. The molecule has 112 valence electrons. The smallest absolute Gasteiger partial charge is 0.338 e. The third kappa shape index (κ3) is 6.20. The van der Waals surface area contributed by atoms with Crippen LogP contribution in [0.4, 0.5) is 0 Å². The van der Waals surface area contributed by atoms with Crippen LogP contribution in [0.1, 0.15) is 54.9 Å². The Balaban J connectivity index is 2.47. The maximum absolute atomic E-state index is 12.1. The number of unbranched alkanes of at least 4 members (excludes halogenated alkanes) is 3. The van der Waals surface area contributed by atoms with Crippen molar-refractivity contribution in [3.63, 3.8) is 0 Å². The molecule has 0 bridgehead atoms. The minimum absolute atomic E-state index is 0.148. The Kier molecular flexibility index (Phi) is 7.97. The van der Waals surface area contributed by atoms with Gasteiger partial charge in [0.15, 0.2) is 0 Å². The first-order valence-corrected chi connectivity index (χ1v) is 7.44. The van der Waals surface area contributed by atoms with Gasteiger partial charge in [0.25, 0.3) is 0 Å². The maximum atomic E-state index is 12.1. The summed E-state index contributed by atoms with van der Waals surface area (Å²) >= 11 is 0. The molecule has 0 saturated heterocycles. The highest BCUT2D eigenvalue weighted by Gasteiger charge is 2.15. The third-order valence-electron chi connectivity index (χ3n) is 3.29. The molecule has 0 aliphatic heterocycles. The van der Waals surface area contributed by atoms with Crippen molar-refractivity contribution in [1.29, 1.82) is 0 Å². The van der Waals surface area contributed by atoms with Crippen molar-refractivity contribution >= 4 is 5.97 Å². The Hall–Kier alpha value is -1.35. The Labute approximate surface area is 122 Å². The normalized spacial score (nSPS) is 12.2. The van der Waals surface area contributed by atoms with Gasteiger partial charge in [0.1, 0.15) is 6.10 Å². The van der Waals surface area contributed by atoms with Crippen LogP contribution in [-0.2, 0) is 9.47 Å². The van der Waals surface area contributed by atoms with E-state index in [1.165, 1.54) is 19.3 Å². The Morgan fingerprint density at radius 3 is 2.45 bits per heavy atom. The third-order valence-corrected chi connectivity index (χ3v) is 3.29. The zero-order valence-corrected chi connectivity index (χ0v) is 12.9. The summed E-state index contributed by atoms with van der Waals surface area (Å²) in [5, 5.41) is 0. The molecule has 0 aliphatic rings. The predicted octanol–water partition coefficient (Wildman–Crippen LogP) is 4.14. The van der Waals surface area contributed by atoms with Crippen LogP contribution in [0.3, 0.4) is 0 Å². The minimum Gasteiger partial charge on any atom is -0.456 e. The van der Waals surface area contributed by atoms with Gasteiger partial charge in [0.05, 0.1) is 12.2 Å². The zero-order valence-electron chi connectivity index (χ0n) is 12.9. The first-order valence-electron chi connectivity index (χ1n) is 7.44. The van der Waals surface area contributed by atoms with E-state index in [-0.39, 0.29) is 12.1 Å². The molecule has 0 amide bonds. The molecule has 1 rings (SSSR count). The van der Waals surface area contributed by atoms with Gasteiger partial charge < -0.3 is 9.47 Å². The molecule has 0 N–H and O–H groups in total. The van der Waals surface area contributed by atoms with E-state index in [0.29, 0.717) is 12.2 Å². The SMILES string of the molecule is CCCCCCC(COC)OC(=O)c1ccc(C)cc1. The number of esters is 1. The highest BCUT2D eigenvalue weighted by molar-refractivity contribution is 5.89. The van der Waals surface area contributed by atoms with Crippen LogP contribution in [0.2, 0.25) is 0 Å². The number of ether oxygens (including phenoxy) is 2. The topological polar surface area (TPSA) is 35.5 Å². The van der Waals surface area contributed by atoms with Crippen molar-refractivity contribution in [2.45, 2.75) is 52.1 Å². The number of methoxy groups -OCH3 is 1. The van der Waals surface area contributed by atoms with Gasteiger partial charge in [-0.2, -0.15) is 0 Å². The fourth-order valence-electron chi connectivity index (χ4n) is 2.07. The summed E-state index contributed by atoms with van der Waals surface area (Å²) in [4.78, 5) is 12.1. The van der Waals surface area contributed by atoms with Crippen molar-refractivity contribution in [2.75, 3.05) is 13.7 Å². The van der Waals surface area contributed by atoms with Crippen LogP contribution in [0, 0.1) is 6.92 Å². The van der Waals surface area contributed by atoms with Crippen LogP contribution in [0.15, 0.2) is 24.3 Å². The van der Waals surface area contributed by atoms with E-state index in [9.17, 15) is 4.79 Å². The van der Waals surface area contributed by atoms with E-state index in [4.69, 9.17) is 9.47 Å². The average molecular weight is 278 g/mol. The van der Waals surface area contributed by atoms with E-state index >= 15 is 0 Å². The summed E-state index contributed by atoms with van der Waals surface area (Å²) in [5.41, 5.74) is 1.74. The summed E-state index contributed by atoms with van der Waals surface area (Å²) in [6, 6.07) is 7.45. The molecule has 1 aromatic rings. The van der Waals surface area contributed by atoms with Gasteiger partial charge in [0.2, 0.25) is 0 Å². The number of aryl methyl sites for hydroxylation is 1. The van der Waals surface area contributed by atoms with E-state index in [0.717, 1.165) is 18.4 Å². The monoisotopic (exact) mass is 278 g/mol. The lowest BCUT2D eigenvalue weighted by molar-refractivity contribution is 0.00238. The lowest BCUT2D eigenvalue weighted by Crippen LogP contribution is -2.23. The second kappa shape index (κ2) is 9.54. The molecule has 3 heteroatoms. The van der Waals surface area contributed by atoms with E-state index in [1.54, 1.807) is 19.2 Å². The van der Waals surface area contributed by atoms with Crippen LogP contribution in [0.25, 0.3) is 0 Å². The molecule has 0 saturated carbocycles. The van der Waals surface area contributed by atoms with Gasteiger partial charge in [-0.3, -0.25) is 0 Å². The van der Waals surface area contributed by atoms with Crippen LogP contribution >= 0.6 is 0 Å². The summed E-state index contributed by atoms with van der Waals surface area (Å²) < 4.78 is 10.7. The molecular weight excluding hydrogens is 252 g/mol. The number of hydrogen-bond acceptors (Lipinski definition) is 3. The number of carbonyl (C=O) groups is 1. The second-order valence-electron chi connectivity index (χ2n) is 5.20. The quantitative estimate of drug-likeness (QED) is 0.503. The molecule has 0 spiro atoms. The molecule has 3 nitrogen and oxygen atoms in total. The minimum atomic E-state index is -0.262. The number of carbonyl (C=O) groups excluding carboxylic acids is 1. The van der Waals surface area contributed by atoms with E-state index in [1.807, 2.05) is 19.1 Å². The standard InChI is InChI=1S/C17H26O3/c1-4-5-6-7-8-16(13-19-3)20-17(18)15-11-9-14(2)10-12-15/h9-12,16H,4-8,13H2,1-3H3. The highest BCUT2D eigenvalue weighted by atomic mass is 16.6. The molecule has 1 aromatic carbocycles. The fourth-order valence-corrected chi connectivity index (χ4v) is 2.07. The number of benzene rings is 1. The molecule has 1 atom stereocenters. The van der Waals surface area contributed by atoms with E-state index < -0.39 is 0 Å². The van der Waals surface area contributed by atoms with Gasteiger partial charge in [0, 0.05) is 7.11 Å². The number of hydrogen-bond donors (Lipinski definition) is 0. The highest BCUT2D eigenvalue weighted by Crippen LogP contribution is 2.12. The van der Waals surface area contributed by atoms with Gasteiger partial charge in [-0.25, -0.2) is 4.79 Å². The molecule has 0 heterocycles. The van der Waals surface area contributed by atoms with Crippen molar-refractivity contribution in [3.8, 4) is 0 Å². The first kappa shape index (κ1) is 16.7. The summed E-state index contributed by atoms with van der Waals surface area (Å²) in [7, 11) is 1.64. The molecule has 20 heavy (non-hydrogen) atoms. The van der Waals surface area contributed by atoms with Crippen molar-refractivity contribution in [1.82, 2.24) is 0 Å². The molecule has 1 unspecified atom stereocenters. The lowest BCUT2D eigenvalue weighted by atomic mass is 10.1. The average Bonchev–Trinajstić information content (AvgIpc) is 2.44. The Bertz CT molecular complexity index is 384. The fraction of sp³-hybridized carbons (Fsp3) is 0.588. The second-order valence-corrected chi connectivity index (χ2v) is 5.20. The van der Waals surface area contributed by atoms with Crippen molar-refractivity contribution in [2.24, 2.45) is 0 Å². The summed E-state index contributed by atoms with van der Waals surface area (Å²) in [6.45, 7) is 4.64. The van der Waals surface area contributed by atoms with Crippen LogP contribution in [0.5, 0.6) is 0 Å². The van der Waals surface area contributed by atoms with Crippen molar-refractivity contribution < 1.29 is 14.3 Å². The first-order chi connectivity index (χ1) is 9.67. The summed E-state index contributed by atoms with van der Waals surface area (Å²) in [6.07, 6.45) is 5.41. The maximum Gasteiger partial charge on any atom is 0.338 e.